The second-order valence-corrected chi connectivity index (χ2v) is 6.57. The lowest BCUT2D eigenvalue weighted by Gasteiger charge is -2.24. The van der Waals surface area contributed by atoms with E-state index in [1.165, 1.54) is 6.08 Å². The number of carbonyl (C=O) groups is 1. The lowest BCUT2D eigenvalue weighted by Crippen LogP contribution is -2.41. The summed E-state index contributed by atoms with van der Waals surface area (Å²) in [7, 11) is 0. The van der Waals surface area contributed by atoms with E-state index in [-0.39, 0.29) is 19.0 Å². The highest BCUT2D eigenvalue weighted by atomic mass is 16.5. The van der Waals surface area contributed by atoms with Crippen LogP contribution in [0.1, 0.15) is 18.1 Å². The number of ketones is 1. The molecule has 0 spiro atoms. The van der Waals surface area contributed by atoms with Crippen molar-refractivity contribution in [1.29, 1.82) is 0 Å². The molecule has 0 heterocycles. The van der Waals surface area contributed by atoms with E-state index >= 15 is 0 Å². The predicted molar refractivity (Wildman–Crippen MR) is 104 cm³/mol. The molecule has 0 saturated carbocycles. The minimum Gasteiger partial charge on any atom is -0.485 e. The molecule has 1 N–H and O–H groups in total. The molecule has 0 aromatic heterocycles. The molecule has 0 saturated heterocycles. The van der Waals surface area contributed by atoms with E-state index in [4.69, 9.17) is 9.47 Å². The van der Waals surface area contributed by atoms with Gasteiger partial charge in [-0.2, -0.15) is 0 Å². The van der Waals surface area contributed by atoms with Crippen LogP contribution in [0.2, 0.25) is 0 Å². The van der Waals surface area contributed by atoms with Crippen molar-refractivity contribution in [1.82, 2.24) is 0 Å². The maximum Gasteiger partial charge on any atom is 0.233 e. The number of carbonyl (C=O) groups excluding carboxylic acids is 1. The summed E-state index contributed by atoms with van der Waals surface area (Å²) in [5.74, 6) is -0.728. The van der Waals surface area contributed by atoms with Gasteiger partial charge in [0, 0.05) is 5.92 Å². The Labute approximate surface area is 159 Å². The number of ether oxygens (including phenoxy) is 2. The fourth-order valence-electron chi connectivity index (χ4n) is 3.11. The van der Waals surface area contributed by atoms with Gasteiger partial charge in [0.1, 0.15) is 6.61 Å². The second-order valence-electron chi connectivity index (χ2n) is 6.57. The minimum absolute atomic E-state index is 0.188. The Kier molecular flexibility index (Phi) is 6.22. The van der Waals surface area contributed by atoms with E-state index < -0.39 is 17.3 Å². The molecule has 0 fully saturated rings. The molecule has 2 atom stereocenters. The average molecular weight is 364 g/mol. The number of hydrogen-bond donors (Lipinski definition) is 1. The van der Waals surface area contributed by atoms with Crippen LogP contribution in [-0.4, -0.2) is 23.1 Å². The zero-order valence-electron chi connectivity index (χ0n) is 15.4. The fourth-order valence-corrected chi connectivity index (χ4v) is 3.11. The number of allylic oxidation sites excluding steroid dienone is 1. The molecular formula is C23H24O4. The van der Waals surface area contributed by atoms with Crippen LogP contribution in [0.25, 0.3) is 0 Å². The standard InChI is InChI=1S/C23H24O4/c1-2-13-23(25)20(17-26-15-18-9-5-3-6-10-18)14-21(22(23)24)27-16-19-11-7-4-8-12-19/h2-14,20,25H,15-17H2,1H3/b13-2+/t20-,23-/m1/s1. The zero-order chi connectivity index (χ0) is 19.1. The van der Waals surface area contributed by atoms with E-state index in [0.717, 1.165) is 11.1 Å². The largest absolute Gasteiger partial charge is 0.485 e. The van der Waals surface area contributed by atoms with Gasteiger partial charge in [0.2, 0.25) is 5.78 Å². The van der Waals surface area contributed by atoms with Crippen LogP contribution < -0.4 is 0 Å². The molecule has 0 bridgehead atoms. The van der Waals surface area contributed by atoms with Gasteiger partial charge in [-0.1, -0.05) is 66.7 Å². The van der Waals surface area contributed by atoms with Gasteiger partial charge in [0.15, 0.2) is 11.4 Å². The Morgan fingerprint density at radius 1 is 1.00 bits per heavy atom. The first-order valence-corrected chi connectivity index (χ1v) is 9.04. The first-order valence-electron chi connectivity index (χ1n) is 9.04. The average Bonchev–Trinajstić information content (AvgIpc) is 2.93. The van der Waals surface area contributed by atoms with Crippen LogP contribution in [0.15, 0.2) is 84.7 Å². The summed E-state index contributed by atoms with van der Waals surface area (Å²) in [5, 5.41) is 10.9. The first-order chi connectivity index (χ1) is 13.1. The lowest BCUT2D eigenvalue weighted by atomic mass is 9.89. The third-order valence-corrected chi connectivity index (χ3v) is 4.57. The van der Waals surface area contributed by atoms with Crippen molar-refractivity contribution in [3.05, 3.63) is 95.8 Å². The highest BCUT2D eigenvalue weighted by molar-refractivity contribution is 6.04. The Bertz CT molecular complexity index is 811. The first kappa shape index (κ1) is 19.1. The molecule has 4 nitrogen and oxygen atoms in total. The van der Waals surface area contributed by atoms with E-state index in [9.17, 15) is 9.90 Å². The number of rotatable bonds is 8. The second kappa shape index (κ2) is 8.80. The van der Waals surface area contributed by atoms with Crippen LogP contribution in [0.4, 0.5) is 0 Å². The van der Waals surface area contributed by atoms with Gasteiger partial charge in [-0.15, -0.1) is 0 Å². The molecule has 27 heavy (non-hydrogen) atoms. The van der Waals surface area contributed by atoms with Crippen molar-refractivity contribution in [3.63, 3.8) is 0 Å². The van der Waals surface area contributed by atoms with Gasteiger partial charge in [-0.3, -0.25) is 4.79 Å². The molecule has 1 aliphatic carbocycles. The Balaban J connectivity index is 1.67. The molecule has 2 aromatic rings. The monoisotopic (exact) mass is 364 g/mol. The molecule has 0 amide bonds. The number of aliphatic hydroxyl groups is 1. The summed E-state index contributed by atoms with van der Waals surface area (Å²) in [6.07, 6.45) is 4.87. The molecule has 0 aliphatic heterocycles. The summed E-state index contributed by atoms with van der Waals surface area (Å²) >= 11 is 0. The van der Waals surface area contributed by atoms with Gasteiger partial charge in [0.25, 0.3) is 0 Å². The summed E-state index contributed by atoms with van der Waals surface area (Å²) in [6, 6.07) is 19.4. The van der Waals surface area contributed by atoms with Crippen molar-refractivity contribution in [3.8, 4) is 0 Å². The number of benzene rings is 2. The minimum atomic E-state index is -1.63. The van der Waals surface area contributed by atoms with Gasteiger partial charge < -0.3 is 14.6 Å². The van der Waals surface area contributed by atoms with E-state index in [1.54, 1.807) is 19.1 Å². The molecule has 2 aromatic carbocycles. The number of hydrogen-bond acceptors (Lipinski definition) is 4. The zero-order valence-corrected chi connectivity index (χ0v) is 15.4. The van der Waals surface area contributed by atoms with E-state index in [2.05, 4.69) is 0 Å². The molecule has 4 heteroatoms. The predicted octanol–water partition coefficient (Wildman–Crippen LogP) is 3.81. The van der Waals surface area contributed by atoms with Crippen LogP contribution in [0.5, 0.6) is 0 Å². The van der Waals surface area contributed by atoms with Crippen molar-refractivity contribution in [2.45, 2.75) is 25.7 Å². The van der Waals surface area contributed by atoms with E-state index in [0.29, 0.717) is 6.61 Å². The Morgan fingerprint density at radius 2 is 1.59 bits per heavy atom. The molecule has 0 radical (unpaired) electrons. The smallest absolute Gasteiger partial charge is 0.233 e. The van der Waals surface area contributed by atoms with Crippen molar-refractivity contribution >= 4 is 5.78 Å². The fraction of sp³-hybridized carbons (Fsp3) is 0.261. The summed E-state index contributed by atoms with van der Waals surface area (Å²) in [6.45, 7) is 2.70. The maximum atomic E-state index is 12.7. The van der Waals surface area contributed by atoms with Gasteiger partial charge in [0.05, 0.1) is 13.2 Å². The van der Waals surface area contributed by atoms with Crippen LogP contribution in [0, 0.1) is 5.92 Å². The Hall–Kier alpha value is -2.69. The highest BCUT2D eigenvalue weighted by Gasteiger charge is 2.48. The van der Waals surface area contributed by atoms with Crippen molar-refractivity contribution < 1.29 is 19.4 Å². The van der Waals surface area contributed by atoms with E-state index in [1.807, 2.05) is 60.7 Å². The number of Topliss-reactive ketones (excluding diaryl/α,β-unsaturated/α-hetero) is 1. The van der Waals surface area contributed by atoms with Crippen molar-refractivity contribution in [2.75, 3.05) is 6.61 Å². The molecule has 3 rings (SSSR count). The molecule has 0 unspecified atom stereocenters. The summed E-state index contributed by atoms with van der Waals surface area (Å²) < 4.78 is 11.5. The van der Waals surface area contributed by atoms with Crippen molar-refractivity contribution in [2.24, 2.45) is 5.92 Å². The van der Waals surface area contributed by atoms with Gasteiger partial charge in [-0.25, -0.2) is 0 Å². The summed E-state index contributed by atoms with van der Waals surface area (Å²) in [5.41, 5.74) is 0.378. The SMILES string of the molecule is C/C=C/[C@]1(O)C(=O)C(OCc2ccccc2)=C[C@@H]1COCc1ccccc1. The lowest BCUT2D eigenvalue weighted by molar-refractivity contribution is -0.134. The normalized spacial score (nSPS) is 22.2. The van der Waals surface area contributed by atoms with Crippen LogP contribution in [-0.2, 0) is 27.5 Å². The Morgan fingerprint density at radius 3 is 2.19 bits per heavy atom. The summed E-state index contributed by atoms with van der Waals surface area (Å²) in [4.78, 5) is 12.7. The third kappa shape index (κ3) is 4.54. The molecule has 140 valence electrons. The highest BCUT2D eigenvalue weighted by Crippen LogP contribution is 2.34. The molecule has 1 aliphatic rings. The third-order valence-electron chi connectivity index (χ3n) is 4.57. The van der Waals surface area contributed by atoms with Gasteiger partial charge in [-0.05, 0) is 30.2 Å². The maximum absolute atomic E-state index is 12.7. The van der Waals surface area contributed by atoms with Crippen LogP contribution >= 0.6 is 0 Å². The molecular weight excluding hydrogens is 340 g/mol. The quantitative estimate of drug-likeness (QED) is 0.724. The van der Waals surface area contributed by atoms with Gasteiger partial charge >= 0.3 is 0 Å². The van der Waals surface area contributed by atoms with Crippen LogP contribution in [0.3, 0.4) is 0 Å². The topological polar surface area (TPSA) is 55.8 Å².